The Balaban J connectivity index is 1.74. The van der Waals surface area contributed by atoms with E-state index in [2.05, 4.69) is 0 Å². The third kappa shape index (κ3) is 5.60. The number of hydrogen-bond donors (Lipinski definition) is 0. The summed E-state index contributed by atoms with van der Waals surface area (Å²) in [6.07, 6.45) is 0.416. The number of hydrogen-bond acceptors (Lipinski definition) is 7. The summed E-state index contributed by atoms with van der Waals surface area (Å²) in [5.41, 5.74) is 1.67. The van der Waals surface area contributed by atoms with Crippen LogP contribution in [0.5, 0.6) is 17.2 Å². The molecule has 3 aromatic rings. The molecule has 1 atom stereocenters. The molecule has 0 aliphatic carbocycles. The van der Waals surface area contributed by atoms with E-state index in [0.29, 0.717) is 40.7 Å². The molecule has 0 spiro atoms. The first-order chi connectivity index (χ1) is 15.3. The monoisotopic (exact) mass is 460 g/mol. The van der Waals surface area contributed by atoms with E-state index >= 15 is 0 Å². The van der Waals surface area contributed by atoms with Crippen LogP contribution in [0.15, 0.2) is 45.8 Å². The molecule has 0 aliphatic heterocycles. The molecule has 3 rings (SSSR count). The number of aryl methyl sites for hydroxylation is 2. The van der Waals surface area contributed by atoms with E-state index in [-0.39, 0.29) is 17.8 Å². The maximum atomic E-state index is 12.8. The minimum absolute atomic E-state index is 0.0542. The Kier molecular flexibility index (Phi) is 7.77. The van der Waals surface area contributed by atoms with Crippen molar-refractivity contribution < 1.29 is 28.2 Å². The summed E-state index contributed by atoms with van der Waals surface area (Å²) in [6, 6.07) is 8.20. The van der Waals surface area contributed by atoms with Gasteiger partial charge in [0, 0.05) is 17.7 Å². The average Bonchev–Trinajstić information content (AvgIpc) is 2.76. The molecule has 0 saturated heterocycles. The van der Waals surface area contributed by atoms with Gasteiger partial charge in [-0.25, -0.2) is 4.79 Å². The first-order valence-corrected chi connectivity index (χ1v) is 10.6. The molecule has 0 bridgehead atoms. The maximum Gasteiger partial charge on any atom is 0.347 e. The van der Waals surface area contributed by atoms with Gasteiger partial charge >= 0.3 is 5.97 Å². The van der Waals surface area contributed by atoms with E-state index in [0.717, 1.165) is 11.1 Å². The van der Waals surface area contributed by atoms with Gasteiger partial charge in [0.2, 0.25) is 11.2 Å². The highest BCUT2D eigenvalue weighted by molar-refractivity contribution is 6.32. The second kappa shape index (κ2) is 10.5. The summed E-state index contributed by atoms with van der Waals surface area (Å²) in [7, 11) is 0. The van der Waals surface area contributed by atoms with E-state index in [1.54, 1.807) is 37.3 Å². The lowest BCUT2D eigenvalue weighted by atomic mass is 10.1. The Bertz CT molecular complexity index is 1150. The molecule has 1 heterocycles. The van der Waals surface area contributed by atoms with Gasteiger partial charge in [-0.05, 0) is 63.1 Å². The molecule has 2 aromatic carbocycles. The van der Waals surface area contributed by atoms with Crippen LogP contribution in [-0.2, 0) is 14.3 Å². The maximum absolute atomic E-state index is 12.8. The van der Waals surface area contributed by atoms with Gasteiger partial charge in [0.05, 0.1) is 12.0 Å². The number of rotatable bonds is 9. The molecular formula is C24H25ClO7. The lowest BCUT2D eigenvalue weighted by Gasteiger charge is -2.14. The summed E-state index contributed by atoms with van der Waals surface area (Å²) in [5.74, 6) is 0.405. The van der Waals surface area contributed by atoms with Gasteiger partial charge in [-0.3, -0.25) is 4.79 Å². The van der Waals surface area contributed by atoms with Gasteiger partial charge < -0.3 is 23.4 Å². The molecule has 0 amide bonds. The predicted octanol–water partition coefficient (Wildman–Crippen LogP) is 5.20. The molecular weight excluding hydrogens is 436 g/mol. The molecule has 0 aliphatic rings. The number of fused-ring (bicyclic) bond motifs is 1. The third-order valence-corrected chi connectivity index (χ3v) is 5.27. The minimum atomic E-state index is -0.834. The van der Waals surface area contributed by atoms with Crippen molar-refractivity contribution in [2.45, 2.75) is 33.8 Å². The summed E-state index contributed by atoms with van der Waals surface area (Å²) >= 11 is 6.19. The van der Waals surface area contributed by atoms with Gasteiger partial charge in [0.15, 0.2) is 6.10 Å². The molecule has 1 aromatic heterocycles. The molecule has 0 saturated carbocycles. The third-order valence-electron chi connectivity index (χ3n) is 4.67. The minimum Gasteiger partial charge on any atom is -0.479 e. The number of carbonyl (C=O) groups excluding carboxylic acids is 1. The standard InChI is InChI=1S/C24H25ClO7/c1-5-28-8-9-29-24(27)16(4)31-17-6-7-19-20(12-17)30-13-21(23(19)26)32-18-10-14(2)22(25)15(3)11-18/h6-7,10-13,16H,5,8-9H2,1-4H3. The van der Waals surface area contributed by atoms with E-state index in [1.165, 1.54) is 6.26 Å². The first kappa shape index (κ1) is 23.6. The van der Waals surface area contributed by atoms with Gasteiger partial charge in [-0.15, -0.1) is 0 Å². The zero-order chi connectivity index (χ0) is 23.3. The zero-order valence-electron chi connectivity index (χ0n) is 18.4. The van der Waals surface area contributed by atoms with Crippen LogP contribution in [0.2, 0.25) is 5.02 Å². The van der Waals surface area contributed by atoms with Gasteiger partial charge in [0.25, 0.3) is 0 Å². The van der Waals surface area contributed by atoms with Crippen molar-refractivity contribution in [3.8, 4) is 17.2 Å². The summed E-state index contributed by atoms with van der Waals surface area (Å²) in [6.45, 7) is 8.21. The number of ether oxygens (including phenoxy) is 4. The highest BCUT2D eigenvalue weighted by Crippen LogP contribution is 2.29. The highest BCUT2D eigenvalue weighted by atomic mass is 35.5. The van der Waals surface area contributed by atoms with Crippen LogP contribution >= 0.6 is 11.6 Å². The van der Waals surface area contributed by atoms with Crippen molar-refractivity contribution in [2.24, 2.45) is 0 Å². The van der Waals surface area contributed by atoms with E-state index in [9.17, 15) is 9.59 Å². The zero-order valence-corrected chi connectivity index (χ0v) is 19.2. The Morgan fingerprint density at radius 1 is 1.09 bits per heavy atom. The summed E-state index contributed by atoms with van der Waals surface area (Å²) in [5, 5.41) is 0.979. The Hall–Kier alpha value is -3.03. The predicted molar refractivity (Wildman–Crippen MR) is 121 cm³/mol. The molecule has 32 heavy (non-hydrogen) atoms. The van der Waals surface area contributed by atoms with Crippen molar-refractivity contribution >= 4 is 28.5 Å². The van der Waals surface area contributed by atoms with E-state index in [1.807, 2.05) is 20.8 Å². The van der Waals surface area contributed by atoms with Gasteiger partial charge in [-0.2, -0.15) is 0 Å². The number of halogens is 1. The SMILES string of the molecule is CCOCCOC(=O)C(C)Oc1ccc2c(=O)c(Oc3cc(C)c(Cl)c(C)c3)coc2c1. The van der Waals surface area contributed by atoms with Crippen LogP contribution in [0.3, 0.4) is 0 Å². The van der Waals surface area contributed by atoms with Crippen molar-refractivity contribution in [1.29, 1.82) is 0 Å². The molecule has 7 nitrogen and oxygen atoms in total. The number of esters is 1. The van der Waals surface area contributed by atoms with Crippen LogP contribution in [0.1, 0.15) is 25.0 Å². The Morgan fingerprint density at radius 2 is 1.81 bits per heavy atom. The fourth-order valence-electron chi connectivity index (χ4n) is 3.04. The van der Waals surface area contributed by atoms with E-state index < -0.39 is 12.1 Å². The largest absolute Gasteiger partial charge is 0.479 e. The highest BCUT2D eigenvalue weighted by Gasteiger charge is 2.18. The fourth-order valence-corrected chi connectivity index (χ4v) is 3.15. The lowest BCUT2D eigenvalue weighted by molar-refractivity contribution is -0.152. The molecule has 0 N–H and O–H groups in total. The topological polar surface area (TPSA) is 84.2 Å². The normalized spacial score (nSPS) is 11.9. The van der Waals surface area contributed by atoms with E-state index in [4.69, 9.17) is 35.0 Å². The van der Waals surface area contributed by atoms with Crippen LogP contribution in [0.25, 0.3) is 11.0 Å². The van der Waals surface area contributed by atoms with Gasteiger partial charge in [0.1, 0.15) is 30.0 Å². The van der Waals surface area contributed by atoms with Crippen molar-refractivity contribution in [3.63, 3.8) is 0 Å². The van der Waals surface area contributed by atoms with Crippen molar-refractivity contribution in [2.75, 3.05) is 19.8 Å². The average molecular weight is 461 g/mol. The molecule has 170 valence electrons. The fraction of sp³-hybridized carbons (Fsp3) is 0.333. The summed E-state index contributed by atoms with van der Waals surface area (Å²) in [4.78, 5) is 24.9. The molecule has 0 fully saturated rings. The number of benzene rings is 2. The Labute approximate surface area is 190 Å². The van der Waals surface area contributed by atoms with Crippen molar-refractivity contribution in [3.05, 3.63) is 63.0 Å². The van der Waals surface area contributed by atoms with Crippen LogP contribution < -0.4 is 14.9 Å². The smallest absolute Gasteiger partial charge is 0.347 e. The Morgan fingerprint density at radius 3 is 2.50 bits per heavy atom. The van der Waals surface area contributed by atoms with Crippen LogP contribution in [0, 0.1) is 13.8 Å². The molecule has 0 radical (unpaired) electrons. The quantitative estimate of drug-likeness (QED) is 0.320. The lowest BCUT2D eigenvalue weighted by Crippen LogP contribution is -2.27. The van der Waals surface area contributed by atoms with Crippen LogP contribution in [0.4, 0.5) is 0 Å². The van der Waals surface area contributed by atoms with Gasteiger partial charge in [-0.1, -0.05) is 11.6 Å². The number of carbonyl (C=O) groups is 1. The summed E-state index contributed by atoms with van der Waals surface area (Å²) < 4.78 is 27.2. The van der Waals surface area contributed by atoms with Crippen LogP contribution in [-0.4, -0.2) is 31.9 Å². The second-order valence-corrected chi connectivity index (χ2v) is 7.56. The first-order valence-electron chi connectivity index (χ1n) is 10.2. The van der Waals surface area contributed by atoms with Crippen molar-refractivity contribution in [1.82, 2.24) is 0 Å². The second-order valence-electron chi connectivity index (χ2n) is 7.18. The molecule has 8 heteroatoms. The molecule has 1 unspecified atom stereocenters.